The highest BCUT2D eigenvalue weighted by molar-refractivity contribution is 5.88. The van der Waals surface area contributed by atoms with Gasteiger partial charge in [-0.1, -0.05) is 11.6 Å². The molecule has 1 atom stereocenters. The molecule has 0 spiro atoms. The molecule has 1 aliphatic rings. The van der Waals surface area contributed by atoms with Crippen molar-refractivity contribution in [3.63, 3.8) is 0 Å². The molecule has 2 heteroatoms. The van der Waals surface area contributed by atoms with Crippen LogP contribution in [0.15, 0.2) is 11.6 Å². The molecule has 0 bridgehead atoms. The summed E-state index contributed by atoms with van der Waals surface area (Å²) in [6, 6.07) is 0. The number of allylic oxidation sites excluding steroid dienone is 2. The van der Waals surface area contributed by atoms with Gasteiger partial charge in [-0.3, -0.25) is 4.79 Å². The van der Waals surface area contributed by atoms with Crippen LogP contribution in [-0.2, 0) is 9.59 Å². The quantitative estimate of drug-likeness (QED) is 0.391. The Bertz CT molecular complexity index is 265. The number of aldehydes is 1. The lowest BCUT2D eigenvalue weighted by molar-refractivity contribution is -0.127. The van der Waals surface area contributed by atoms with Crippen molar-refractivity contribution in [1.82, 2.24) is 0 Å². The monoisotopic (exact) mass is 194 g/mol. The summed E-state index contributed by atoms with van der Waals surface area (Å²) < 4.78 is 0. The van der Waals surface area contributed by atoms with Crippen LogP contribution in [0.25, 0.3) is 0 Å². The maximum atomic E-state index is 11.8. The predicted molar refractivity (Wildman–Crippen MR) is 56.0 cm³/mol. The third kappa shape index (κ3) is 2.11. The van der Waals surface area contributed by atoms with Crippen LogP contribution in [-0.4, -0.2) is 12.1 Å². The number of hydrogen-bond acceptors (Lipinski definition) is 2. The Morgan fingerprint density at radius 1 is 1.57 bits per heavy atom. The van der Waals surface area contributed by atoms with E-state index in [1.807, 2.05) is 13.8 Å². The molecule has 0 aromatic carbocycles. The minimum Gasteiger partial charge on any atom is -0.303 e. The van der Waals surface area contributed by atoms with E-state index >= 15 is 0 Å². The van der Waals surface area contributed by atoms with Crippen molar-refractivity contribution in [2.24, 2.45) is 5.41 Å². The average Bonchev–Trinajstić information content (AvgIpc) is 2.15. The third-order valence-corrected chi connectivity index (χ3v) is 3.31. The number of ketones is 1. The molecule has 0 saturated carbocycles. The summed E-state index contributed by atoms with van der Waals surface area (Å²) in [5, 5.41) is 0. The number of unbranched alkanes of at least 4 members (excludes halogenated alkanes) is 1. The van der Waals surface area contributed by atoms with Crippen LogP contribution in [0.5, 0.6) is 0 Å². The van der Waals surface area contributed by atoms with E-state index in [1.54, 1.807) is 0 Å². The zero-order valence-electron chi connectivity index (χ0n) is 9.01. The summed E-state index contributed by atoms with van der Waals surface area (Å²) in [6.07, 6.45) is 6.82. The van der Waals surface area contributed by atoms with Crippen LogP contribution >= 0.6 is 0 Å². The smallest absolute Gasteiger partial charge is 0.143 e. The molecule has 1 unspecified atom stereocenters. The lowest BCUT2D eigenvalue weighted by atomic mass is 9.70. The topological polar surface area (TPSA) is 34.1 Å². The maximum absolute atomic E-state index is 11.8. The van der Waals surface area contributed by atoms with Gasteiger partial charge in [0.1, 0.15) is 12.1 Å². The SMILES string of the molecule is CC1=CCCC(=O)C1(C)CCCC=O. The molecule has 0 saturated heterocycles. The van der Waals surface area contributed by atoms with Crippen LogP contribution in [0.4, 0.5) is 0 Å². The highest BCUT2D eigenvalue weighted by Gasteiger charge is 2.35. The number of carbonyl (C=O) groups is 2. The first-order valence-electron chi connectivity index (χ1n) is 5.25. The van der Waals surface area contributed by atoms with Gasteiger partial charge < -0.3 is 4.79 Å². The summed E-state index contributed by atoms with van der Waals surface area (Å²) in [4.78, 5) is 22.0. The number of rotatable bonds is 4. The van der Waals surface area contributed by atoms with Gasteiger partial charge in [0.25, 0.3) is 0 Å². The second-order valence-corrected chi connectivity index (χ2v) is 4.24. The van der Waals surface area contributed by atoms with Crippen molar-refractivity contribution >= 4 is 12.1 Å². The summed E-state index contributed by atoms with van der Waals surface area (Å²) in [5.74, 6) is 0.336. The summed E-state index contributed by atoms with van der Waals surface area (Å²) >= 11 is 0. The standard InChI is InChI=1S/C12H18O2/c1-10-6-5-7-11(14)12(10,2)8-3-4-9-13/h6,9H,3-5,7-8H2,1-2H3. The first-order chi connectivity index (χ1) is 6.61. The second-order valence-electron chi connectivity index (χ2n) is 4.24. The van der Waals surface area contributed by atoms with Crippen molar-refractivity contribution in [3.05, 3.63) is 11.6 Å². The van der Waals surface area contributed by atoms with Gasteiger partial charge in [-0.2, -0.15) is 0 Å². The number of Topliss-reactive ketones (excluding diaryl/α,β-unsaturated/α-hetero) is 1. The summed E-state index contributed by atoms with van der Waals surface area (Å²) in [5.41, 5.74) is 0.890. The Labute approximate surface area is 85.4 Å². The van der Waals surface area contributed by atoms with Crippen LogP contribution in [0.1, 0.15) is 46.0 Å². The minimum atomic E-state index is -0.290. The van der Waals surface area contributed by atoms with Crippen molar-refractivity contribution < 1.29 is 9.59 Å². The van der Waals surface area contributed by atoms with Crippen LogP contribution in [0.2, 0.25) is 0 Å². The molecular formula is C12H18O2. The highest BCUT2D eigenvalue weighted by Crippen LogP contribution is 2.38. The molecule has 0 aliphatic heterocycles. The molecule has 0 amide bonds. The highest BCUT2D eigenvalue weighted by atomic mass is 16.1. The van der Waals surface area contributed by atoms with Gasteiger partial charge in [0.15, 0.2) is 0 Å². The zero-order chi connectivity index (χ0) is 10.6. The van der Waals surface area contributed by atoms with E-state index in [2.05, 4.69) is 6.08 Å². The second kappa shape index (κ2) is 4.54. The number of carbonyl (C=O) groups excluding carboxylic acids is 2. The molecule has 0 radical (unpaired) electrons. The molecule has 2 nitrogen and oxygen atoms in total. The first-order valence-corrected chi connectivity index (χ1v) is 5.25. The Hall–Kier alpha value is -0.920. The van der Waals surface area contributed by atoms with E-state index in [-0.39, 0.29) is 5.41 Å². The maximum Gasteiger partial charge on any atom is 0.143 e. The molecule has 0 aromatic heterocycles. The fourth-order valence-electron chi connectivity index (χ4n) is 2.02. The minimum absolute atomic E-state index is 0.290. The van der Waals surface area contributed by atoms with Gasteiger partial charge in [0.2, 0.25) is 0 Å². The molecule has 1 rings (SSSR count). The van der Waals surface area contributed by atoms with Crippen molar-refractivity contribution in [2.45, 2.75) is 46.0 Å². The van der Waals surface area contributed by atoms with E-state index in [9.17, 15) is 9.59 Å². The largest absolute Gasteiger partial charge is 0.303 e. The van der Waals surface area contributed by atoms with Gasteiger partial charge >= 0.3 is 0 Å². The van der Waals surface area contributed by atoms with E-state index in [1.165, 1.54) is 5.57 Å². The lowest BCUT2D eigenvalue weighted by Gasteiger charge is -2.32. The molecule has 0 heterocycles. The summed E-state index contributed by atoms with van der Waals surface area (Å²) in [7, 11) is 0. The van der Waals surface area contributed by atoms with Gasteiger partial charge in [0.05, 0.1) is 0 Å². The fraction of sp³-hybridized carbons (Fsp3) is 0.667. The lowest BCUT2D eigenvalue weighted by Crippen LogP contribution is -2.31. The molecule has 0 aromatic rings. The molecule has 0 N–H and O–H groups in total. The predicted octanol–water partition coefficient (Wildman–Crippen LogP) is 2.67. The van der Waals surface area contributed by atoms with Crippen molar-refractivity contribution in [3.8, 4) is 0 Å². The van der Waals surface area contributed by atoms with Crippen molar-refractivity contribution in [1.29, 1.82) is 0 Å². The van der Waals surface area contributed by atoms with Gasteiger partial charge in [-0.05, 0) is 33.1 Å². The van der Waals surface area contributed by atoms with E-state index in [0.717, 1.165) is 25.5 Å². The van der Waals surface area contributed by atoms with E-state index < -0.39 is 0 Å². The normalized spacial score (nSPS) is 27.3. The Kier molecular flexibility index (Phi) is 3.62. The van der Waals surface area contributed by atoms with Crippen molar-refractivity contribution in [2.75, 3.05) is 0 Å². The Morgan fingerprint density at radius 3 is 2.86 bits per heavy atom. The van der Waals surface area contributed by atoms with Crippen LogP contribution < -0.4 is 0 Å². The Balaban J connectivity index is 2.68. The average molecular weight is 194 g/mol. The van der Waals surface area contributed by atoms with Crippen LogP contribution in [0.3, 0.4) is 0 Å². The van der Waals surface area contributed by atoms with E-state index in [4.69, 9.17) is 0 Å². The molecule has 1 aliphatic carbocycles. The molecular weight excluding hydrogens is 176 g/mol. The van der Waals surface area contributed by atoms with Gasteiger partial charge in [-0.15, -0.1) is 0 Å². The fourth-order valence-corrected chi connectivity index (χ4v) is 2.02. The first kappa shape index (κ1) is 11.2. The Morgan fingerprint density at radius 2 is 2.29 bits per heavy atom. The third-order valence-electron chi connectivity index (χ3n) is 3.31. The van der Waals surface area contributed by atoms with Gasteiger partial charge in [-0.25, -0.2) is 0 Å². The molecule has 0 fully saturated rings. The van der Waals surface area contributed by atoms with Crippen LogP contribution in [0, 0.1) is 5.41 Å². The molecule has 14 heavy (non-hydrogen) atoms. The molecule has 78 valence electrons. The number of hydrogen-bond donors (Lipinski definition) is 0. The summed E-state index contributed by atoms with van der Waals surface area (Å²) in [6.45, 7) is 4.03. The zero-order valence-corrected chi connectivity index (χ0v) is 9.01. The van der Waals surface area contributed by atoms with Gasteiger partial charge in [0, 0.05) is 18.3 Å². The van der Waals surface area contributed by atoms with E-state index in [0.29, 0.717) is 18.6 Å².